The smallest absolute Gasteiger partial charge is 0.322 e. The SMILES string of the molecule is COCCOCCOCCOCCOCCOCCOCCOCCOCCOCC(=O)NCCCC[C@H](NC(=O)CCCNC(=O)[C@H]([C@@H](C(=O)NCCCC(=O)N[C@@H](CCCCNC(=O)COCCOCCOCCOCCOCCOCCOCCOCCOCCOC)C(=O)NCC(=O)NCC(=O)NCC(=O)O)N1C(=O)C=CC1=O)N1C(=O)C=CC1=O)C(=O)NCC(=O)NCC(=O)NCC(=O)O. The largest absolute Gasteiger partial charge is 0.480 e. The molecule has 0 aromatic heterocycles. The Bertz CT molecular complexity index is 3370. The maximum absolute atomic E-state index is 14.4. The van der Waals surface area contributed by atoms with Crippen LogP contribution in [0.15, 0.2) is 24.3 Å². The number of hydrogen-bond acceptors (Lipinski definition) is 38. The van der Waals surface area contributed by atoms with Crippen LogP contribution >= 0.6 is 0 Å². The number of imide groups is 2. The summed E-state index contributed by atoms with van der Waals surface area (Å²) in [5, 5.41) is 46.1. The molecule has 2 heterocycles. The lowest BCUT2D eigenvalue weighted by atomic mass is 10.0. The molecule has 0 bridgehead atoms. The molecular weight excluding hydrogens is 1870 g/mol. The van der Waals surface area contributed by atoms with Gasteiger partial charge >= 0.3 is 11.9 Å². The summed E-state index contributed by atoms with van der Waals surface area (Å²) in [7, 11) is 3.22. The van der Waals surface area contributed by atoms with Crippen molar-refractivity contribution < 1.29 is 191 Å². The van der Waals surface area contributed by atoms with Crippen LogP contribution in [-0.4, -0.2) is 481 Å². The van der Waals surface area contributed by atoms with Crippen LogP contribution in [0.3, 0.4) is 0 Å². The zero-order valence-electron chi connectivity index (χ0n) is 79.9. The van der Waals surface area contributed by atoms with E-state index in [0.717, 1.165) is 24.3 Å². The van der Waals surface area contributed by atoms with Crippen molar-refractivity contribution in [2.75, 3.05) is 331 Å². The Hall–Kier alpha value is -10.5. The van der Waals surface area contributed by atoms with Crippen molar-refractivity contribution in [2.45, 2.75) is 88.4 Å². The van der Waals surface area contributed by atoms with Crippen LogP contribution in [0.4, 0.5) is 0 Å². The lowest BCUT2D eigenvalue weighted by Crippen LogP contribution is -2.66. The second-order valence-corrected chi connectivity index (χ2v) is 29.6. The lowest BCUT2D eigenvalue weighted by Gasteiger charge is -2.35. The minimum atomic E-state index is -2.28. The normalized spacial score (nSPS) is 13.0. The quantitative estimate of drug-likeness (QED) is 0.0199. The Kier molecular flexibility index (Phi) is 77.5. The molecule has 140 heavy (non-hydrogen) atoms. The second-order valence-electron chi connectivity index (χ2n) is 29.6. The van der Waals surface area contributed by atoms with Crippen molar-refractivity contribution in [3.8, 4) is 0 Å². The average molecular weight is 2010 g/mol. The van der Waals surface area contributed by atoms with Gasteiger partial charge in [-0.15, -0.1) is 0 Å². The Morgan fingerprint density at radius 3 is 0.693 bits per heavy atom. The number of carboxylic acid groups (broad SMARTS) is 2. The number of aliphatic carboxylic acids is 2. The van der Waals surface area contributed by atoms with Gasteiger partial charge in [0.25, 0.3) is 23.6 Å². The molecule has 16 amide bonds. The number of nitrogens with one attached hydrogen (secondary N) is 12. The molecule has 2 aliphatic rings. The molecule has 0 fully saturated rings. The highest BCUT2D eigenvalue weighted by Gasteiger charge is 2.50. The topological polar surface area (TPSA) is 683 Å². The molecule has 54 nitrogen and oxygen atoms in total. The molecule has 0 aliphatic carbocycles. The van der Waals surface area contributed by atoms with E-state index in [1.54, 1.807) is 14.2 Å². The lowest BCUT2D eigenvalue weighted by molar-refractivity contribution is -0.156. The molecule has 0 aromatic carbocycles. The fourth-order valence-corrected chi connectivity index (χ4v) is 11.6. The van der Waals surface area contributed by atoms with Gasteiger partial charge in [-0.2, -0.15) is 0 Å². The fraction of sp³-hybridized carbons (Fsp3) is 0.744. The highest BCUT2D eigenvalue weighted by molar-refractivity contribution is 6.19. The molecule has 798 valence electrons. The number of carbonyl (C=O) groups is 18. The Balaban J connectivity index is 1.91. The maximum Gasteiger partial charge on any atom is 0.322 e. The van der Waals surface area contributed by atoms with E-state index in [9.17, 15) is 86.3 Å². The van der Waals surface area contributed by atoms with Crippen molar-refractivity contribution in [2.24, 2.45) is 0 Å². The number of carboxylic acids is 2. The number of hydrogen-bond donors (Lipinski definition) is 14. The van der Waals surface area contributed by atoms with E-state index in [-0.39, 0.29) is 131 Å². The Morgan fingerprint density at radius 1 is 0.243 bits per heavy atom. The summed E-state index contributed by atoms with van der Waals surface area (Å²) in [5.74, 6) is -17.6. The van der Waals surface area contributed by atoms with Gasteiger partial charge in [0.2, 0.25) is 70.9 Å². The molecule has 0 saturated carbocycles. The van der Waals surface area contributed by atoms with E-state index in [0.29, 0.717) is 195 Å². The Morgan fingerprint density at radius 2 is 0.457 bits per heavy atom. The van der Waals surface area contributed by atoms with Crippen LogP contribution in [-0.2, 0) is 181 Å². The van der Waals surface area contributed by atoms with Crippen LogP contribution in [0.25, 0.3) is 0 Å². The summed E-state index contributed by atoms with van der Waals surface area (Å²) in [4.78, 5) is 233. The van der Waals surface area contributed by atoms with Crippen molar-refractivity contribution in [3.05, 3.63) is 24.3 Å². The number of nitrogens with zero attached hydrogens (tertiary/aromatic N) is 2. The van der Waals surface area contributed by atoms with Crippen molar-refractivity contribution in [1.29, 1.82) is 0 Å². The molecule has 2 aliphatic heterocycles. The number of carbonyl (C=O) groups excluding carboxylic acids is 16. The first-order valence-corrected chi connectivity index (χ1v) is 46.1. The standard InChI is InChI=1S/C86H144N14O40/c1-121-21-23-123-25-27-125-29-31-127-33-35-129-37-39-131-41-43-133-45-47-135-49-51-137-53-55-139-63-73(107)87-17-5-3-9-65(83(117)95-59-71(105)91-57-69(103)93-61-79(113)114)97-67(101)11-7-19-89-85(119)81(99-75(109)13-14-76(99)110)82(100-77(111)15-16-78(100)112)86(120)90-20-8-12-68(102)98-66(84(118)96-60-72(106)92-58-70(104)94-62-80(115)116)10-4-6-18-88-74(108)64-140-56-54-138-52-50-136-48-46-134-44-42-132-40-38-130-36-34-128-32-30-126-28-26-124-24-22-122-2/h13-16,65-66,81-82H,3-12,17-64H2,1-2H3,(H,87,107)(H,88,108)(H,89,119)(H,90,120)(H,91,105)(H,92,106)(H,93,103)(H,94,104)(H,95,117)(H,96,118)(H,97,101)(H,98,102)(H,113,114)(H,115,116)/t65-,66-,81-,82-/m0/s1. The summed E-state index contributed by atoms with van der Waals surface area (Å²) < 4.78 is 108. The summed E-state index contributed by atoms with van der Waals surface area (Å²) >= 11 is 0. The summed E-state index contributed by atoms with van der Waals surface area (Å²) in [6.07, 6.45) is 2.41. The third-order valence-corrected chi connectivity index (χ3v) is 18.5. The third-order valence-electron chi connectivity index (χ3n) is 18.5. The van der Waals surface area contributed by atoms with Crippen molar-refractivity contribution >= 4 is 106 Å². The predicted molar refractivity (Wildman–Crippen MR) is 483 cm³/mol. The fourth-order valence-electron chi connectivity index (χ4n) is 11.6. The molecule has 0 aromatic rings. The Labute approximate surface area is 811 Å². The minimum Gasteiger partial charge on any atom is -0.480 e. The van der Waals surface area contributed by atoms with Gasteiger partial charge in [0.1, 0.15) is 50.5 Å². The van der Waals surface area contributed by atoms with Crippen LogP contribution in [0, 0.1) is 0 Å². The van der Waals surface area contributed by atoms with Crippen LogP contribution in [0.1, 0.15) is 64.2 Å². The number of methoxy groups -OCH3 is 2. The van der Waals surface area contributed by atoms with Gasteiger partial charge in [0.05, 0.1) is 264 Å². The summed E-state index contributed by atoms with van der Waals surface area (Å²) in [6.45, 7) is 8.07. The molecule has 14 N–H and O–H groups in total. The monoisotopic (exact) mass is 2010 g/mol. The summed E-state index contributed by atoms with van der Waals surface area (Å²) in [6, 6.07) is -7.25. The van der Waals surface area contributed by atoms with Crippen molar-refractivity contribution in [1.82, 2.24) is 73.6 Å². The molecule has 0 unspecified atom stereocenters. The summed E-state index contributed by atoms with van der Waals surface area (Å²) in [5.41, 5.74) is 0. The molecule has 2 rings (SSSR count). The van der Waals surface area contributed by atoms with E-state index in [1.807, 2.05) is 10.6 Å². The predicted octanol–water partition coefficient (Wildman–Crippen LogP) is -8.63. The first-order valence-electron chi connectivity index (χ1n) is 46.1. The molecule has 0 saturated heterocycles. The number of amides is 16. The average Bonchev–Trinajstić information content (AvgIpc) is 1.67. The van der Waals surface area contributed by atoms with Gasteiger partial charge in [-0.3, -0.25) is 96.1 Å². The first-order chi connectivity index (χ1) is 67.9. The van der Waals surface area contributed by atoms with Crippen LogP contribution < -0.4 is 63.8 Å². The van der Waals surface area contributed by atoms with E-state index in [4.69, 9.17) is 105 Å². The second kappa shape index (κ2) is 86.4. The van der Waals surface area contributed by atoms with E-state index in [1.165, 1.54) is 0 Å². The first kappa shape index (κ1) is 126. The van der Waals surface area contributed by atoms with E-state index < -0.39 is 196 Å². The van der Waals surface area contributed by atoms with Gasteiger partial charge in [-0.1, -0.05) is 0 Å². The molecule has 0 radical (unpaired) electrons. The highest BCUT2D eigenvalue weighted by atomic mass is 16.6. The van der Waals surface area contributed by atoms with Gasteiger partial charge in [0, 0.05) is 77.5 Å². The molecule has 54 heteroatoms. The van der Waals surface area contributed by atoms with Crippen molar-refractivity contribution in [3.63, 3.8) is 0 Å². The van der Waals surface area contributed by atoms with Crippen LogP contribution in [0.5, 0.6) is 0 Å². The van der Waals surface area contributed by atoms with Gasteiger partial charge in [-0.25, -0.2) is 0 Å². The number of unbranched alkanes of at least 4 members (excludes halogenated alkanes) is 2. The van der Waals surface area contributed by atoms with E-state index >= 15 is 0 Å². The van der Waals surface area contributed by atoms with Gasteiger partial charge in [0.15, 0.2) is 0 Å². The zero-order chi connectivity index (χ0) is 102. The third kappa shape index (κ3) is 69.4. The highest BCUT2D eigenvalue weighted by Crippen LogP contribution is 2.22. The van der Waals surface area contributed by atoms with E-state index in [2.05, 4.69) is 53.2 Å². The number of rotatable bonds is 97. The maximum atomic E-state index is 14.4. The molecule has 4 atom stereocenters. The number of ether oxygens (including phenoxy) is 20. The zero-order valence-corrected chi connectivity index (χ0v) is 79.9. The molecule has 0 spiro atoms. The van der Waals surface area contributed by atoms with Crippen LogP contribution in [0.2, 0.25) is 0 Å². The van der Waals surface area contributed by atoms with Gasteiger partial charge in [-0.05, 0) is 51.4 Å². The molecular formula is C86H144N14O40. The minimum absolute atomic E-state index is 0.0744. The van der Waals surface area contributed by atoms with Gasteiger partial charge < -0.3 is 169 Å².